The van der Waals surface area contributed by atoms with Gasteiger partial charge in [-0.25, -0.2) is 0 Å². The van der Waals surface area contributed by atoms with Crippen molar-refractivity contribution in [3.63, 3.8) is 0 Å². The first-order chi connectivity index (χ1) is 11.0. The molecular weight excluding hydrogens is 352 g/mol. The van der Waals surface area contributed by atoms with Crippen LogP contribution in [0.15, 0.2) is 65.1 Å². The number of hydrogen-bond acceptors (Lipinski definition) is 2. The van der Waals surface area contributed by atoms with Crippen molar-refractivity contribution >= 4 is 27.9 Å². The Labute approximate surface area is 146 Å². The van der Waals surface area contributed by atoms with Crippen LogP contribution in [0.2, 0.25) is 0 Å². The van der Waals surface area contributed by atoms with E-state index >= 15 is 0 Å². The van der Waals surface area contributed by atoms with Crippen molar-refractivity contribution in [1.82, 2.24) is 10.2 Å². The number of nitrogens with one attached hydrogen (secondary N) is 1. The molecule has 1 amide bonds. The number of amides is 1. The van der Waals surface area contributed by atoms with E-state index in [4.69, 9.17) is 0 Å². The molecule has 0 radical (unpaired) electrons. The fraction of sp³-hybridized carbons (Fsp3) is 0.211. The van der Waals surface area contributed by atoms with Crippen molar-refractivity contribution in [2.24, 2.45) is 0 Å². The van der Waals surface area contributed by atoms with Gasteiger partial charge in [-0.2, -0.15) is 0 Å². The number of rotatable bonds is 6. The number of halogens is 1. The van der Waals surface area contributed by atoms with Gasteiger partial charge < -0.3 is 10.2 Å². The van der Waals surface area contributed by atoms with Crippen molar-refractivity contribution in [3.05, 3.63) is 76.3 Å². The molecule has 0 aliphatic heterocycles. The van der Waals surface area contributed by atoms with E-state index < -0.39 is 0 Å². The molecule has 3 nitrogen and oxygen atoms in total. The summed E-state index contributed by atoms with van der Waals surface area (Å²) < 4.78 is 1.02. The molecule has 0 spiro atoms. The average Bonchev–Trinajstić information content (AvgIpc) is 2.54. The molecule has 2 aromatic carbocycles. The van der Waals surface area contributed by atoms with Crippen LogP contribution >= 0.6 is 15.9 Å². The molecule has 0 heterocycles. The van der Waals surface area contributed by atoms with Crippen LogP contribution < -0.4 is 5.32 Å². The molecule has 1 N–H and O–H groups in total. The monoisotopic (exact) mass is 372 g/mol. The maximum absolute atomic E-state index is 12.2. The zero-order valence-electron chi connectivity index (χ0n) is 13.4. The van der Waals surface area contributed by atoms with E-state index in [0.29, 0.717) is 0 Å². The predicted octanol–water partition coefficient (Wildman–Crippen LogP) is 3.88. The summed E-state index contributed by atoms with van der Waals surface area (Å²) >= 11 is 3.40. The maximum atomic E-state index is 12.2. The van der Waals surface area contributed by atoms with Crippen LogP contribution in [0.5, 0.6) is 0 Å². The van der Waals surface area contributed by atoms with Crippen LogP contribution in [0.3, 0.4) is 0 Å². The van der Waals surface area contributed by atoms with Gasteiger partial charge in [-0.1, -0.05) is 58.4 Å². The Bertz CT molecular complexity index is 651. The van der Waals surface area contributed by atoms with Crippen LogP contribution in [0.4, 0.5) is 0 Å². The van der Waals surface area contributed by atoms with Gasteiger partial charge in [-0.05, 0) is 43.4 Å². The van der Waals surface area contributed by atoms with E-state index in [2.05, 4.69) is 26.1 Å². The molecule has 4 heteroatoms. The van der Waals surface area contributed by atoms with Gasteiger partial charge in [0.05, 0.1) is 6.04 Å². The summed E-state index contributed by atoms with van der Waals surface area (Å²) in [4.78, 5) is 14.3. The Morgan fingerprint density at radius 1 is 1.13 bits per heavy atom. The highest BCUT2D eigenvalue weighted by Crippen LogP contribution is 2.14. The highest BCUT2D eigenvalue weighted by molar-refractivity contribution is 9.10. The van der Waals surface area contributed by atoms with Gasteiger partial charge in [-0.3, -0.25) is 4.79 Å². The van der Waals surface area contributed by atoms with Gasteiger partial charge in [0.25, 0.3) is 0 Å². The SMILES string of the molecule is CN(C)CC(NC(=O)C=Cc1ccc(Br)cc1)c1ccccc1. The van der Waals surface area contributed by atoms with Crippen molar-refractivity contribution < 1.29 is 4.79 Å². The summed E-state index contributed by atoms with van der Waals surface area (Å²) in [5, 5.41) is 3.07. The molecule has 2 rings (SSSR count). The number of carbonyl (C=O) groups excluding carboxylic acids is 1. The second-order valence-electron chi connectivity index (χ2n) is 5.62. The number of hydrogen-bond donors (Lipinski definition) is 1. The molecule has 23 heavy (non-hydrogen) atoms. The minimum Gasteiger partial charge on any atom is -0.344 e. The molecule has 1 unspecified atom stereocenters. The minimum absolute atomic E-state index is 0.0340. The Kier molecular flexibility index (Phi) is 6.56. The molecule has 0 saturated heterocycles. The highest BCUT2D eigenvalue weighted by atomic mass is 79.9. The molecular formula is C19H21BrN2O. The van der Waals surface area contributed by atoms with Crippen molar-refractivity contribution in [2.75, 3.05) is 20.6 Å². The van der Waals surface area contributed by atoms with E-state index in [0.717, 1.165) is 22.1 Å². The van der Waals surface area contributed by atoms with Crippen LogP contribution in [0.1, 0.15) is 17.2 Å². The fourth-order valence-electron chi connectivity index (χ4n) is 2.25. The molecule has 0 aromatic heterocycles. The summed E-state index contributed by atoms with van der Waals surface area (Å²) in [6.07, 6.45) is 3.40. The number of nitrogens with zero attached hydrogens (tertiary/aromatic N) is 1. The largest absolute Gasteiger partial charge is 0.344 e. The number of likely N-dealkylation sites (N-methyl/N-ethyl adjacent to an activating group) is 1. The van der Waals surface area contributed by atoms with E-state index in [1.807, 2.05) is 74.8 Å². The lowest BCUT2D eigenvalue weighted by molar-refractivity contribution is -0.117. The molecule has 0 fully saturated rings. The zero-order chi connectivity index (χ0) is 16.7. The first-order valence-corrected chi connectivity index (χ1v) is 8.28. The molecule has 0 aliphatic carbocycles. The Balaban J connectivity index is 2.04. The van der Waals surface area contributed by atoms with Gasteiger partial charge in [0.1, 0.15) is 0 Å². The summed E-state index contributed by atoms with van der Waals surface area (Å²) in [7, 11) is 4.00. The Morgan fingerprint density at radius 3 is 2.39 bits per heavy atom. The Hall–Kier alpha value is -1.91. The second-order valence-corrected chi connectivity index (χ2v) is 6.53. The lowest BCUT2D eigenvalue weighted by atomic mass is 10.1. The van der Waals surface area contributed by atoms with Crippen molar-refractivity contribution in [1.29, 1.82) is 0 Å². The third kappa shape index (κ3) is 6.00. The number of benzene rings is 2. The van der Waals surface area contributed by atoms with E-state index in [-0.39, 0.29) is 11.9 Å². The summed E-state index contributed by atoms with van der Waals surface area (Å²) in [5.41, 5.74) is 2.10. The third-order valence-electron chi connectivity index (χ3n) is 3.36. The molecule has 1 atom stereocenters. The van der Waals surface area contributed by atoms with E-state index in [1.54, 1.807) is 6.08 Å². The zero-order valence-corrected chi connectivity index (χ0v) is 15.0. The van der Waals surface area contributed by atoms with Crippen molar-refractivity contribution in [3.8, 4) is 0 Å². The average molecular weight is 373 g/mol. The normalized spacial score (nSPS) is 12.5. The summed E-state index contributed by atoms with van der Waals surface area (Å²) in [5.74, 6) is -0.0939. The fourth-order valence-corrected chi connectivity index (χ4v) is 2.51. The number of carbonyl (C=O) groups is 1. The molecule has 0 saturated carbocycles. The van der Waals surface area contributed by atoms with Crippen LogP contribution in [0.25, 0.3) is 6.08 Å². The van der Waals surface area contributed by atoms with Gasteiger partial charge >= 0.3 is 0 Å². The lowest BCUT2D eigenvalue weighted by Gasteiger charge is -2.22. The quantitative estimate of drug-likeness (QED) is 0.780. The topological polar surface area (TPSA) is 32.3 Å². The summed E-state index contributed by atoms with van der Waals surface area (Å²) in [6.45, 7) is 0.752. The predicted molar refractivity (Wildman–Crippen MR) is 99.1 cm³/mol. The van der Waals surface area contributed by atoms with Crippen molar-refractivity contribution in [2.45, 2.75) is 6.04 Å². The van der Waals surface area contributed by atoms with Gasteiger partial charge in [-0.15, -0.1) is 0 Å². The molecule has 0 bridgehead atoms. The van der Waals surface area contributed by atoms with E-state index in [9.17, 15) is 4.79 Å². The van der Waals surface area contributed by atoms with E-state index in [1.165, 1.54) is 0 Å². The first kappa shape index (κ1) is 17.4. The molecule has 120 valence electrons. The molecule has 2 aromatic rings. The van der Waals surface area contributed by atoms with Crippen LogP contribution in [-0.4, -0.2) is 31.4 Å². The standard InChI is InChI=1S/C19H21BrN2O/c1-22(2)14-18(16-6-4-3-5-7-16)21-19(23)13-10-15-8-11-17(20)12-9-15/h3-13,18H,14H2,1-2H3,(H,21,23). The third-order valence-corrected chi connectivity index (χ3v) is 3.89. The molecule has 0 aliphatic rings. The first-order valence-electron chi connectivity index (χ1n) is 7.48. The van der Waals surface area contributed by atoms with Gasteiger partial charge in [0.15, 0.2) is 0 Å². The van der Waals surface area contributed by atoms with Gasteiger partial charge in [0, 0.05) is 17.1 Å². The lowest BCUT2D eigenvalue weighted by Crippen LogP contribution is -2.34. The van der Waals surface area contributed by atoms with Crippen LogP contribution in [0, 0.1) is 0 Å². The van der Waals surface area contributed by atoms with Gasteiger partial charge in [0.2, 0.25) is 5.91 Å². The minimum atomic E-state index is -0.0939. The van der Waals surface area contributed by atoms with Crippen LogP contribution in [-0.2, 0) is 4.79 Å². The maximum Gasteiger partial charge on any atom is 0.244 e. The smallest absolute Gasteiger partial charge is 0.244 e. The second kappa shape index (κ2) is 8.65. The summed E-state index contributed by atoms with van der Waals surface area (Å²) in [6, 6.07) is 17.8. The Morgan fingerprint density at radius 2 is 1.78 bits per heavy atom. The highest BCUT2D eigenvalue weighted by Gasteiger charge is 2.13.